The van der Waals surface area contributed by atoms with Crippen LogP contribution in [0.4, 0.5) is 0 Å². The smallest absolute Gasteiger partial charge is 0.259 e. The van der Waals surface area contributed by atoms with Crippen LogP contribution in [-0.4, -0.2) is 10.8 Å². The fourth-order valence-electron chi connectivity index (χ4n) is 2.92. The van der Waals surface area contributed by atoms with E-state index in [1.54, 1.807) is 32.1 Å². The summed E-state index contributed by atoms with van der Waals surface area (Å²) < 4.78 is 0. The van der Waals surface area contributed by atoms with E-state index in [1.807, 2.05) is 48.5 Å². The molecule has 0 spiro atoms. The number of aryl methyl sites for hydroxylation is 2. The van der Waals surface area contributed by atoms with Crippen LogP contribution in [0.5, 0.6) is 0 Å². The van der Waals surface area contributed by atoms with Crippen molar-refractivity contribution in [2.24, 2.45) is 0 Å². The Hall–Kier alpha value is -2.91. The lowest BCUT2D eigenvalue weighted by Crippen LogP contribution is -2.21. The number of hydrogen-bond donors (Lipinski definition) is 1. The molecule has 1 N–H and O–H groups in total. The summed E-state index contributed by atoms with van der Waals surface area (Å²) >= 11 is 6.27. The Morgan fingerprint density at radius 3 is 2.31 bits per heavy atom. The Morgan fingerprint density at radius 1 is 1.00 bits per heavy atom. The molecule has 4 heteroatoms. The van der Waals surface area contributed by atoms with Crippen LogP contribution >= 0.6 is 11.6 Å². The fraction of sp³-hybridized carbons (Fsp3) is 0.0909. The molecule has 0 saturated carbocycles. The van der Waals surface area contributed by atoms with Crippen LogP contribution in [0, 0.1) is 13.8 Å². The third kappa shape index (κ3) is 3.68. The summed E-state index contributed by atoms with van der Waals surface area (Å²) in [4.78, 5) is 28.4. The van der Waals surface area contributed by atoms with Gasteiger partial charge in [-0.3, -0.25) is 9.59 Å². The van der Waals surface area contributed by atoms with Crippen LogP contribution in [0.25, 0.3) is 11.6 Å². The summed E-state index contributed by atoms with van der Waals surface area (Å²) in [7, 11) is 0. The number of ketones is 1. The molecule has 0 aliphatic carbocycles. The molecule has 3 aromatic rings. The highest BCUT2D eigenvalue weighted by Gasteiger charge is 2.20. The van der Waals surface area contributed by atoms with Gasteiger partial charge in [0.05, 0.1) is 5.56 Å². The third-order valence-corrected chi connectivity index (χ3v) is 4.47. The first-order valence-electron chi connectivity index (χ1n) is 8.24. The molecule has 2 aromatic carbocycles. The van der Waals surface area contributed by atoms with E-state index in [2.05, 4.69) is 4.98 Å². The highest BCUT2D eigenvalue weighted by atomic mass is 35.5. The van der Waals surface area contributed by atoms with Crippen molar-refractivity contribution in [1.29, 1.82) is 0 Å². The Bertz CT molecular complexity index is 1050. The topological polar surface area (TPSA) is 49.9 Å². The van der Waals surface area contributed by atoms with Gasteiger partial charge in [0, 0.05) is 16.3 Å². The van der Waals surface area contributed by atoms with Gasteiger partial charge in [-0.25, -0.2) is 0 Å². The van der Waals surface area contributed by atoms with Gasteiger partial charge in [-0.05, 0) is 48.7 Å². The van der Waals surface area contributed by atoms with E-state index in [0.717, 1.165) is 16.8 Å². The molecule has 0 atom stereocenters. The predicted octanol–water partition coefficient (Wildman–Crippen LogP) is 5.07. The minimum Gasteiger partial charge on any atom is -0.326 e. The first-order chi connectivity index (χ1) is 12.5. The number of halogens is 1. The summed E-state index contributed by atoms with van der Waals surface area (Å²) in [6, 6.07) is 18.4. The number of allylic oxidation sites excluding steroid dienone is 1. The molecule has 0 fully saturated rings. The molecule has 26 heavy (non-hydrogen) atoms. The highest BCUT2D eigenvalue weighted by molar-refractivity contribution is 6.35. The molecular weight excluding hydrogens is 346 g/mol. The Labute approximate surface area is 157 Å². The molecule has 0 aliphatic heterocycles. The van der Waals surface area contributed by atoms with Crippen LogP contribution in [0.2, 0.25) is 5.02 Å². The maximum Gasteiger partial charge on any atom is 0.259 e. The van der Waals surface area contributed by atoms with Gasteiger partial charge in [0.15, 0.2) is 5.78 Å². The largest absolute Gasteiger partial charge is 0.326 e. The third-order valence-electron chi connectivity index (χ3n) is 4.13. The van der Waals surface area contributed by atoms with Crippen LogP contribution in [0.3, 0.4) is 0 Å². The van der Waals surface area contributed by atoms with E-state index in [-0.39, 0.29) is 16.9 Å². The Balaban J connectivity index is 2.21. The van der Waals surface area contributed by atoms with Crippen molar-refractivity contribution in [2.75, 3.05) is 0 Å². The van der Waals surface area contributed by atoms with Gasteiger partial charge in [-0.2, -0.15) is 0 Å². The van der Waals surface area contributed by atoms with Gasteiger partial charge in [-0.1, -0.05) is 60.1 Å². The second kappa shape index (κ2) is 7.54. The number of rotatable bonds is 4. The number of aromatic amines is 1. The van der Waals surface area contributed by atoms with Crippen molar-refractivity contribution in [1.82, 2.24) is 4.98 Å². The molecule has 0 saturated heterocycles. The van der Waals surface area contributed by atoms with E-state index in [4.69, 9.17) is 11.6 Å². The van der Waals surface area contributed by atoms with Crippen molar-refractivity contribution in [3.05, 3.63) is 104 Å². The molecular formula is C22H18ClNO2. The van der Waals surface area contributed by atoms with Crippen LogP contribution < -0.4 is 5.56 Å². The normalized spacial score (nSPS) is 11.4. The van der Waals surface area contributed by atoms with Gasteiger partial charge in [0.1, 0.15) is 0 Å². The van der Waals surface area contributed by atoms with Crippen molar-refractivity contribution in [2.45, 2.75) is 13.8 Å². The zero-order valence-electron chi connectivity index (χ0n) is 14.5. The zero-order valence-corrected chi connectivity index (χ0v) is 15.3. The molecule has 1 aromatic heterocycles. The quantitative estimate of drug-likeness (QED) is 0.399. The number of nitrogens with one attached hydrogen (secondary N) is 1. The standard InChI is InChI=1S/C22H18ClNO2/c1-14-12-15(2)24-22(26)20(14)21(25)18(16-8-4-3-5-9-16)13-17-10-6-7-11-19(17)23/h3-13H,1-2H3,(H,24,26). The van der Waals surface area contributed by atoms with Gasteiger partial charge in [0.25, 0.3) is 5.56 Å². The average Bonchev–Trinajstić information content (AvgIpc) is 2.60. The number of hydrogen-bond acceptors (Lipinski definition) is 2. The first kappa shape index (κ1) is 17.9. The SMILES string of the molecule is Cc1cc(C)c(C(=O)C(=Cc2ccccc2Cl)c2ccccc2)c(=O)[nH]1. The number of carbonyl (C=O) groups is 1. The molecule has 0 radical (unpaired) electrons. The van der Waals surface area contributed by atoms with E-state index in [1.165, 1.54) is 0 Å². The Morgan fingerprint density at radius 2 is 1.65 bits per heavy atom. The maximum atomic E-state index is 13.3. The summed E-state index contributed by atoms with van der Waals surface area (Å²) in [5, 5.41) is 0.545. The first-order valence-corrected chi connectivity index (χ1v) is 8.62. The number of aromatic nitrogens is 1. The molecule has 3 nitrogen and oxygen atoms in total. The summed E-state index contributed by atoms with van der Waals surface area (Å²) in [6.45, 7) is 3.56. The molecule has 0 unspecified atom stereocenters. The van der Waals surface area contributed by atoms with Crippen LogP contribution in [0.1, 0.15) is 32.7 Å². The van der Waals surface area contributed by atoms with Gasteiger partial charge < -0.3 is 4.98 Å². The number of carbonyl (C=O) groups excluding carboxylic acids is 1. The lowest BCUT2D eigenvalue weighted by atomic mass is 9.93. The summed E-state index contributed by atoms with van der Waals surface area (Å²) in [6.07, 6.45) is 1.73. The zero-order chi connectivity index (χ0) is 18.7. The van der Waals surface area contributed by atoms with Crippen molar-refractivity contribution in [3.8, 4) is 0 Å². The van der Waals surface area contributed by atoms with Crippen molar-refractivity contribution < 1.29 is 4.79 Å². The van der Waals surface area contributed by atoms with Gasteiger partial charge in [-0.15, -0.1) is 0 Å². The lowest BCUT2D eigenvalue weighted by Gasteiger charge is -2.10. The van der Waals surface area contributed by atoms with E-state index < -0.39 is 0 Å². The average molecular weight is 364 g/mol. The van der Waals surface area contributed by atoms with E-state index in [9.17, 15) is 9.59 Å². The molecule has 130 valence electrons. The maximum absolute atomic E-state index is 13.3. The van der Waals surface area contributed by atoms with Gasteiger partial charge in [0.2, 0.25) is 0 Å². The molecule has 0 bridgehead atoms. The van der Waals surface area contributed by atoms with Crippen LogP contribution in [0.15, 0.2) is 65.5 Å². The second-order valence-corrected chi connectivity index (χ2v) is 6.52. The Kier molecular flexibility index (Phi) is 5.19. The van der Waals surface area contributed by atoms with E-state index in [0.29, 0.717) is 16.2 Å². The van der Waals surface area contributed by atoms with Crippen molar-refractivity contribution in [3.63, 3.8) is 0 Å². The van der Waals surface area contributed by atoms with E-state index >= 15 is 0 Å². The number of pyridine rings is 1. The van der Waals surface area contributed by atoms with Gasteiger partial charge >= 0.3 is 0 Å². The molecule has 0 amide bonds. The monoisotopic (exact) mass is 363 g/mol. The molecule has 3 rings (SSSR count). The second-order valence-electron chi connectivity index (χ2n) is 6.11. The number of benzene rings is 2. The van der Waals surface area contributed by atoms with Crippen LogP contribution in [-0.2, 0) is 0 Å². The highest BCUT2D eigenvalue weighted by Crippen LogP contribution is 2.26. The summed E-state index contributed by atoms with van der Waals surface area (Å²) in [5.74, 6) is -0.324. The van der Waals surface area contributed by atoms with Crippen molar-refractivity contribution >= 4 is 29.0 Å². The molecule has 0 aliphatic rings. The lowest BCUT2D eigenvalue weighted by molar-refractivity contribution is 0.105. The number of H-pyrrole nitrogens is 1. The fourth-order valence-corrected chi connectivity index (χ4v) is 3.11. The predicted molar refractivity (Wildman–Crippen MR) is 107 cm³/mol. The minimum absolute atomic E-state index is 0.151. The minimum atomic E-state index is -0.381. The number of Topliss-reactive ketones (excluding diaryl/α,β-unsaturated/α-hetero) is 1. The molecule has 1 heterocycles. The summed E-state index contributed by atoms with van der Waals surface area (Å²) in [5.41, 5.74) is 3.03.